The largest absolute Gasteiger partial charge is 0.493 e. The third kappa shape index (κ3) is 2.89. The first-order chi connectivity index (χ1) is 7.90. The Morgan fingerprint density at radius 2 is 2.12 bits per heavy atom. The summed E-state index contributed by atoms with van der Waals surface area (Å²) in [6.07, 6.45) is 2.50. The molecule has 88 valence electrons. The minimum atomic E-state index is 0.624. The molecule has 3 heteroatoms. The van der Waals surface area contributed by atoms with Gasteiger partial charge < -0.3 is 14.8 Å². The van der Waals surface area contributed by atoms with Gasteiger partial charge in [0.15, 0.2) is 11.5 Å². The van der Waals surface area contributed by atoms with Gasteiger partial charge in [0.2, 0.25) is 0 Å². The molecular formula is C13H19NO2. The standard InChI is InChI=1S/C13H19NO2/c1-15-12-6-2-3-7-13(12)16-10-11-5-4-8-14-9-11/h2-3,6-7,11,14H,4-5,8-10H2,1H3/t11-/m1/s1. The molecule has 1 atom stereocenters. The van der Waals surface area contributed by atoms with Crippen molar-refractivity contribution in [3.63, 3.8) is 0 Å². The monoisotopic (exact) mass is 221 g/mol. The number of piperidine rings is 1. The molecule has 1 heterocycles. The van der Waals surface area contributed by atoms with Crippen LogP contribution in [0.5, 0.6) is 11.5 Å². The summed E-state index contributed by atoms with van der Waals surface area (Å²) >= 11 is 0. The SMILES string of the molecule is COc1ccccc1OC[C@@H]1CCCNC1. The third-order valence-corrected chi connectivity index (χ3v) is 2.94. The van der Waals surface area contributed by atoms with Crippen LogP contribution in [0.15, 0.2) is 24.3 Å². The van der Waals surface area contributed by atoms with E-state index in [1.54, 1.807) is 7.11 Å². The molecule has 3 nitrogen and oxygen atoms in total. The van der Waals surface area contributed by atoms with Crippen molar-refractivity contribution in [2.75, 3.05) is 26.8 Å². The molecule has 2 rings (SSSR count). The summed E-state index contributed by atoms with van der Waals surface area (Å²) in [7, 11) is 1.67. The molecule has 1 saturated heterocycles. The first kappa shape index (κ1) is 11.3. The Balaban J connectivity index is 1.88. The Morgan fingerprint density at radius 1 is 1.31 bits per heavy atom. The van der Waals surface area contributed by atoms with Crippen LogP contribution in [0.25, 0.3) is 0 Å². The van der Waals surface area contributed by atoms with Crippen LogP contribution >= 0.6 is 0 Å². The van der Waals surface area contributed by atoms with E-state index in [2.05, 4.69) is 5.32 Å². The number of hydrogen-bond donors (Lipinski definition) is 1. The van der Waals surface area contributed by atoms with Gasteiger partial charge in [0.05, 0.1) is 13.7 Å². The Hall–Kier alpha value is -1.22. The van der Waals surface area contributed by atoms with Crippen molar-refractivity contribution >= 4 is 0 Å². The topological polar surface area (TPSA) is 30.5 Å². The third-order valence-electron chi connectivity index (χ3n) is 2.94. The van der Waals surface area contributed by atoms with E-state index in [9.17, 15) is 0 Å². The van der Waals surface area contributed by atoms with E-state index in [0.29, 0.717) is 5.92 Å². The summed E-state index contributed by atoms with van der Waals surface area (Å²) < 4.78 is 11.0. The molecule has 0 aliphatic carbocycles. The number of benzene rings is 1. The fourth-order valence-corrected chi connectivity index (χ4v) is 2.01. The highest BCUT2D eigenvalue weighted by atomic mass is 16.5. The second-order valence-corrected chi connectivity index (χ2v) is 4.17. The normalized spacial score (nSPS) is 20.4. The van der Waals surface area contributed by atoms with Crippen LogP contribution in [0.4, 0.5) is 0 Å². The van der Waals surface area contributed by atoms with Gasteiger partial charge in [-0.3, -0.25) is 0 Å². The van der Waals surface area contributed by atoms with Gasteiger partial charge in [-0.2, -0.15) is 0 Å². The molecule has 0 radical (unpaired) electrons. The van der Waals surface area contributed by atoms with Gasteiger partial charge in [-0.25, -0.2) is 0 Å². The lowest BCUT2D eigenvalue weighted by atomic mass is 10.0. The van der Waals surface area contributed by atoms with Crippen molar-refractivity contribution in [2.45, 2.75) is 12.8 Å². The summed E-state index contributed by atoms with van der Waals surface area (Å²) in [6.45, 7) is 2.98. The summed E-state index contributed by atoms with van der Waals surface area (Å²) in [5.41, 5.74) is 0. The fourth-order valence-electron chi connectivity index (χ4n) is 2.01. The van der Waals surface area contributed by atoms with Crippen molar-refractivity contribution < 1.29 is 9.47 Å². The van der Waals surface area contributed by atoms with Crippen LogP contribution in [-0.2, 0) is 0 Å². The first-order valence-electron chi connectivity index (χ1n) is 5.86. The predicted molar refractivity (Wildman–Crippen MR) is 64.1 cm³/mol. The molecule has 1 aromatic rings. The Morgan fingerprint density at radius 3 is 2.81 bits per heavy atom. The Labute approximate surface area is 96.8 Å². The van der Waals surface area contributed by atoms with Gasteiger partial charge in [-0.1, -0.05) is 12.1 Å². The van der Waals surface area contributed by atoms with Gasteiger partial charge in [0, 0.05) is 12.5 Å². The van der Waals surface area contributed by atoms with Crippen molar-refractivity contribution in [1.82, 2.24) is 5.32 Å². The van der Waals surface area contributed by atoms with Crippen LogP contribution in [0.1, 0.15) is 12.8 Å². The van der Waals surface area contributed by atoms with Gasteiger partial charge in [-0.15, -0.1) is 0 Å². The molecule has 0 bridgehead atoms. The van der Waals surface area contributed by atoms with E-state index in [1.165, 1.54) is 12.8 Å². The van der Waals surface area contributed by atoms with E-state index < -0.39 is 0 Å². The highest BCUT2D eigenvalue weighted by Gasteiger charge is 2.14. The van der Waals surface area contributed by atoms with Crippen LogP contribution in [0.2, 0.25) is 0 Å². The fraction of sp³-hybridized carbons (Fsp3) is 0.538. The molecule has 0 aromatic heterocycles. The minimum absolute atomic E-state index is 0.624. The van der Waals surface area contributed by atoms with Crippen LogP contribution < -0.4 is 14.8 Å². The maximum Gasteiger partial charge on any atom is 0.161 e. The average Bonchev–Trinajstić information content (AvgIpc) is 2.38. The predicted octanol–water partition coefficient (Wildman–Crippen LogP) is 2.07. The molecule has 1 aromatic carbocycles. The number of rotatable bonds is 4. The lowest BCUT2D eigenvalue weighted by Crippen LogP contribution is -2.33. The summed E-state index contributed by atoms with van der Waals surface area (Å²) in [5.74, 6) is 2.28. The summed E-state index contributed by atoms with van der Waals surface area (Å²) in [5, 5.41) is 3.39. The lowest BCUT2D eigenvalue weighted by Gasteiger charge is -2.23. The highest BCUT2D eigenvalue weighted by molar-refractivity contribution is 5.39. The summed E-state index contributed by atoms with van der Waals surface area (Å²) in [6, 6.07) is 7.80. The van der Waals surface area contributed by atoms with Crippen LogP contribution in [0, 0.1) is 5.92 Å². The molecule has 1 aliphatic rings. The molecule has 0 spiro atoms. The van der Waals surface area contributed by atoms with E-state index >= 15 is 0 Å². The highest BCUT2D eigenvalue weighted by Crippen LogP contribution is 2.26. The van der Waals surface area contributed by atoms with Gasteiger partial charge in [0.1, 0.15) is 0 Å². The molecule has 1 fully saturated rings. The van der Waals surface area contributed by atoms with Gasteiger partial charge >= 0.3 is 0 Å². The molecule has 0 amide bonds. The van der Waals surface area contributed by atoms with Gasteiger partial charge in [0.25, 0.3) is 0 Å². The maximum absolute atomic E-state index is 5.80. The van der Waals surface area contributed by atoms with Crippen molar-refractivity contribution in [3.05, 3.63) is 24.3 Å². The zero-order chi connectivity index (χ0) is 11.2. The smallest absolute Gasteiger partial charge is 0.161 e. The van der Waals surface area contributed by atoms with E-state index in [4.69, 9.17) is 9.47 Å². The Bertz CT molecular complexity index is 321. The second kappa shape index (κ2) is 5.75. The molecule has 1 aliphatic heterocycles. The first-order valence-corrected chi connectivity index (χ1v) is 5.86. The minimum Gasteiger partial charge on any atom is -0.493 e. The van der Waals surface area contributed by atoms with Crippen molar-refractivity contribution in [1.29, 1.82) is 0 Å². The number of nitrogens with one attached hydrogen (secondary N) is 1. The maximum atomic E-state index is 5.80. The van der Waals surface area contributed by atoms with Crippen molar-refractivity contribution in [2.24, 2.45) is 5.92 Å². The zero-order valence-electron chi connectivity index (χ0n) is 9.74. The van der Waals surface area contributed by atoms with Crippen molar-refractivity contribution in [3.8, 4) is 11.5 Å². The molecule has 0 unspecified atom stereocenters. The van der Waals surface area contributed by atoms with E-state index in [0.717, 1.165) is 31.2 Å². The number of ether oxygens (including phenoxy) is 2. The molecular weight excluding hydrogens is 202 g/mol. The molecule has 0 saturated carbocycles. The second-order valence-electron chi connectivity index (χ2n) is 4.17. The Kier molecular flexibility index (Phi) is 4.05. The molecule has 1 N–H and O–H groups in total. The van der Waals surface area contributed by atoms with Crippen LogP contribution in [0.3, 0.4) is 0 Å². The van der Waals surface area contributed by atoms with Crippen LogP contribution in [-0.4, -0.2) is 26.8 Å². The zero-order valence-corrected chi connectivity index (χ0v) is 9.74. The van der Waals surface area contributed by atoms with E-state index in [-0.39, 0.29) is 0 Å². The summed E-state index contributed by atoms with van der Waals surface area (Å²) in [4.78, 5) is 0. The number of methoxy groups -OCH3 is 1. The van der Waals surface area contributed by atoms with Gasteiger partial charge in [-0.05, 0) is 31.5 Å². The number of para-hydroxylation sites is 2. The quantitative estimate of drug-likeness (QED) is 0.844. The molecule has 16 heavy (non-hydrogen) atoms. The lowest BCUT2D eigenvalue weighted by molar-refractivity contribution is 0.211. The number of hydrogen-bond acceptors (Lipinski definition) is 3. The average molecular weight is 221 g/mol. The van der Waals surface area contributed by atoms with E-state index in [1.807, 2.05) is 24.3 Å².